The van der Waals surface area contributed by atoms with Crippen LogP contribution in [0.5, 0.6) is 0 Å². The third-order valence-corrected chi connectivity index (χ3v) is 15.0. The van der Waals surface area contributed by atoms with E-state index in [-0.39, 0.29) is 44.6 Å². The Morgan fingerprint density at radius 3 is 2.00 bits per heavy atom. The largest absolute Gasteiger partial charge is 0.481 e. The number of aliphatic hydroxyl groups excluding tert-OH is 9. The number of rotatable bonds is 7. The number of esters is 1. The molecular formula is C58H84N2O19. The van der Waals surface area contributed by atoms with Crippen LogP contribution >= 0.6 is 0 Å². The van der Waals surface area contributed by atoms with Crippen LogP contribution in [0.1, 0.15) is 104 Å². The van der Waals surface area contributed by atoms with Gasteiger partial charge in [-0.25, -0.2) is 0 Å². The van der Waals surface area contributed by atoms with Gasteiger partial charge in [-0.15, -0.1) is 0 Å². The van der Waals surface area contributed by atoms with Crippen LogP contribution in [-0.2, 0) is 44.7 Å². The highest BCUT2D eigenvalue weighted by Gasteiger charge is 2.52. The van der Waals surface area contributed by atoms with E-state index < -0.39 is 165 Å². The van der Waals surface area contributed by atoms with E-state index in [0.717, 1.165) is 23.3 Å². The van der Waals surface area contributed by atoms with E-state index in [2.05, 4.69) is 5.32 Å². The predicted octanol–water partition coefficient (Wildman–Crippen LogP) is 1.89. The molecule has 4 heterocycles. The number of aliphatic carboxylic acids is 1. The molecule has 1 aromatic rings. The van der Waals surface area contributed by atoms with Crippen molar-refractivity contribution in [2.75, 3.05) is 0 Å². The van der Waals surface area contributed by atoms with Gasteiger partial charge >= 0.3 is 11.9 Å². The molecule has 1 aromatic carbocycles. The quantitative estimate of drug-likeness (QED) is 0.137. The fourth-order valence-electron chi connectivity index (χ4n) is 10.3. The minimum absolute atomic E-state index is 0.0195. The van der Waals surface area contributed by atoms with Crippen LogP contribution in [0.25, 0.3) is 0 Å². The van der Waals surface area contributed by atoms with Crippen LogP contribution in [0.2, 0.25) is 0 Å². The van der Waals surface area contributed by atoms with Gasteiger partial charge < -0.3 is 75.1 Å². The summed E-state index contributed by atoms with van der Waals surface area (Å²) in [6, 6.07) is 6.49. The molecule has 3 saturated heterocycles. The first kappa shape index (κ1) is 65.0. The smallest absolute Gasteiger partial charge is 0.311 e. The van der Waals surface area contributed by atoms with E-state index in [1.165, 1.54) is 13.0 Å². The zero-order valence-corrected chi connectivity index (χ0v) is 45.4. The zero-order valence-electron chi connectivity index (χ0n) is 45.4. The maximum atomic E-state index is 13.6. The predicted molar refractivity (Wildman–Crippen MR) is 286 cm³/mol. The van der Waals surface area contributed by atoms with Crippen molar-refractivity contribution in [3.05, 3.63) is 109 Å². The summed E-state index contributed by atoms with van der Waals surface area (Å²) in [6.45, 7) is 6.75. The number of carbonyl (C=O) groups is 4. The SMILES string of the molecule is C[C@@H]1[C@H](O)[C@@H](C)/C=C/C=C/CC/C=C/C=C/C=C/C=C/[C@H](O[C@H]2O[C@H](C)[C@@H](O)[C@H](NC3CC(=O)N(Cc4ccccc4)C3=O)[C@@H]2O)C[C@@H]2O[C@](O)(C[C@@H](O)[C@H](O)CC[C@@H](O)C[C@@H](O)C[C@@H](O)CC(=O)O[C@H]1C)C[C@H](O)[C@H]2C(=O)O. The molecule has 12 N–H and O–H groups in total. The first-order chi connectivity index (χ1) is 37.5. The van der Waals surface area contributed by atoms with Gasteiger partial charge in [-0.3, -0.25) is 29.4 Å². The lowest BCUT2D eigenvalue weighted by molar-refractivity contribution is -0.310. The molecule has 2 bridgehead atoms. The number of cyclic esters (lactones) is 1. The normalized spacial score (nSPS) is 41.3. The highest BCUT2D eigenvalue weighted by Crippen LogP contribution is 2.38. The summed E-state index contributed by atoms with van der Waals surface area (Å²) in [5.74, 6) is -8.11. The van der Waals surface area contributed by atoms with Gasteiger partial charge in [0.2, 0.25) is 11.8 Å². The Hall–Kier alpha value is -4.82. The van der Waals surface area contributed by atoms with E-state index >= 15 is 0 Å². The van der Waals surface area contributed by atoms with Crippen molar-refractivity contribution < 1.29 is 94.3 Å². The second-order valence-electron chi connectivity index (χ2n) is 21.5. The van der Waals surface area contributed by atoms with E-state index in [4.69, 9.17) is 18.9 Å². The van der Waals surface area contributed by atoms with Crippen molar-refractivity contribution in [2.24, 2.45) is 17.8 Å². The molecule has 0 aromatic heterocycles. The number of nitrogens with one attached hydrogen (secondary N) is 1. The fourth-order valence-corrected chi connectivity index (χ4v) is 10.3. The monoisotopic (exact) mass is 1110 g/mol. The number of carbonyl (C=O) groups excluding carboxylic acids is 3. The van der Waals surface area contributed by atoms with Crippen LogP contribution in [0.15, 0.2) is 103 Å². The molecule has 20 atom stereocenters. The summed E-state index contributed by atoms with van der Waals surface area (Å²) in [4.78, 5) is 53.2. The molecule has 4 aliphatic heterocycles. The lowest BCUT2D eigenvalue weighted by atomic mass is 9.82. The van der Waals surface area contributed by atoms with Gasteiger partial charge in [-0.05, 0) is 57.9 Å². The Kier molecular flexibility index (Phi) is 25.8. The highest BCUT2D eigenvalue weighted by atomic mass is 16.7. The Morgan fingerprint density at radius 2 is 1.32 bits per heavy atom. The van der Waals surface area contributed by atoms with Gasteiger partial charge in [0.25, 0.3) is 0 Å². The average Bonchev–Trinajstić information content (AvgIpc) is 3.69. The van der Waals surface area contributed by atoms with Gasteiger partial charge in [0, 0.05) is 31.1 Å². The summed E-state index contributed by atoms with van der Waals surface area (Å²) in [5.41, 5.74) is 0.720. The third-order valence-electron chi connectivity index (χ3n) is 15.0. The molecule has 0 aliphatic carbocycles. The standard InChI is InChI=1S/C58H84N2O19/c1-34-20-16-13-11-9-7-5-6-8-10-12-14-19-23-42(78-57-54(71)51(53(70)37(4)77-57)59-43-30-48(67)60(55(43)72)33-38-21-17-15-18-22-38)29-47-50(56(73)74)46(66)32-58(75,79-47)31-45(65)44(64)25-24-39(61)26-40(62)27-41(63)28-49(68)76-36(3)35(2)52(34)69/h5-6,8,10-23,34-37,39-47,50-54,57,59,61-66,69-71,75H,7,9,24-33H2,1-4H3,(H,73,74)/b6-5+,10-8+,13-11+,14-12+,20-16+,23-19+/t34-,35-,36-,37+,39+,40+,41+,42-,43?,44+,45+,46-,47-,50+,51-,52+,53+,54-,57+,58+/m0/s1. The molecule has 1 unspecified atom stereocenters. The summed E-state index contributed by atoms with van der Waals surface area (Å²) in [6.07, 6.45) is 0.128. The van der Waals surface area contributed by atoms with E-state index in [1.54, 1.807) is 74.6 Å². The first-order valence-electron chi connectivity index (χ1n) is 27.4. The molecule has 2 amide bonds. The molecule has 440 valence electrons. The number of allylic oxidation sites excluding steroid dienone is 10. The molecule has 0 spiro atoms. The van der Waals surface area contributed by atoms with Gasteiger partial charge in [0.15, 0.2) is 12.1 Å². The lowest BCUT2D eigenvalue weighted by Crippen LogP contribution is -2.65. The minimum atomic E-state index is -2.43. The molecule has 21 nitrogen and oxygen atoms in total. The van der Waals surface area contributed by atoms with Crippen molar-refractivity contribution in [2.45, 2.75) is 208 Å². The van der Waals surface area contributed by atoms with Gasteiger partial charge in [-0.2, -0.15) is 0 Å². The number of carboxylic acids is 1. The van der Waals surface area contributed by atoms with Gasteiger partial charge in [-0.1, -0.05) is 117 Å². The Morgan fingerprint density at radius 1 is 0.696 bits per heavy atom. The van der Waals surface area contributed by atoms with Crippen molar-refractivity contribution in [3.8, 4) is 0 Å². The number of amides is 2. The van der Waals surface area contributed by atoms with Crippen LogP contribution in [0, 0.1) is 17.8 Å². The number of imide groups is 1. The molecular weight excluding hydrogens is 1030 g/mol. The molecule has 0 radical (unpaired) electrons. The second-order valence-corrected chi connectivity index (χ2v) is 21.5. The molecule has 4 aliphatic rings. The summed E-state index contributed by atoms with van der Waals surface area (Å²) >= 11 is 0. The summed E-state index contributed by atoms with van der Waals surface area (Å²) in [5, 5.41) is 124. The van der Waals surface area contributed by atoms with Gasteiger partial charge in [0.1, 0.15) is 18.1 Å². The van der Waals surface area contributed by atoms with E-state index in [0.29, 0.717) is 0 Å². The number of carboxylic acid groups (broad SMARTS) is 1. The van der Waals surface area contributed by atoms with Crippen molar-refractivity contribution in [1.82, 2.24) is 10.2 Å². The number of hydrogen-bond acceptors (Lipinski definition) is 19. The van der Waals surface area contributed by atoms with Crippen molar-refractivity contribution >= 4 is 23.8 Å². The summed E-state index contributed by atoms with van der Waals surface area (Å²) < 4.78 is 23.8. The maximum absolute atomic E-state index is 13.6. The average molecular weight is 1110 g/mol. The number of aliphatic hydroxyl groups is 10. The Bertz CT molecular complexity index is 2280. The number of nitrogens with zero attached hydrogens (tertiary/aromatic N) is 1. The van der Waals surface area contributed by atoms with E-state index in [9.17, 15) is 75.3 Å². The van der Waals surface area contributed by atoms with Crippen molar-refractivity contribution in [1.29, 1.82) is 0 Å². The third kappa shape index (κ3) is 20.0. The van der Waals surface area contributed by atoms with E-state index in [1.807, 2.05) is 43.4 Å². The molecule has 5 rings (SSSR count). The summed E-state index contributed by atoms with van der Waals surface area (Å²) in [7, 11) is 0. The molecule has 79 heavy (non-hydrogen) atoms. The molecule has 0 saturated carbocycles. The highest BCUT2D eigenvalue weighted by molar-refractivity contribution is 6.05. The Balaban J connectivity index is 1.35. The van der Waals surface area contributed by atoms with Crippen LogP contribution in [0.3, 0.4) is 0 Å². The number of ether oxygens (including phenoxy) is 4. The first-order valence-corrected chi connectivity index (χ1v) is 27.4. The fraction of sp³-hybridized carbons (Fsp3) is 0.621. The molecule has 21 heteroatoms. The van der Waals surface area contributed by atoms with Gasteiger partial charge in [0.05, 0.1) is 98.6 Å². The van der Waals surface area contributed by atoms with Crippen LogP contribution in [-0.4, -0.2) is 188 Å². The number of benzene rings is 1. The lowest BCUT2D eigenvalue weighted by Gasteiger charge is -2.46. The number of hydrogen-bond donors (Lipinski definition) is 12. The Labute approximate surface area is 461 Å². The van der Waals surface area contributed by atoms with Crippen LogP contribution < -0.4 is 5.32 Å². The zero-order chi connectivity index (χ0) is 58.0. The minimum Gasteiger partial charge on any atom is -0.481 e. The number of likely N-dealkylation sites (tertiary alicyclic amines) is 1. The maximum Gasteiger partial charge on any atom is 0.311 e. The second kappa shape index (κ2) is 31.4. The van der Waals surface area contributed by atoms with Crippen molar-refractivity contribution in [3.63, 3.8) is 0 Å². The van der Waals surface area contributed by atoms with Crippen LogP contribution in [0.4, 0.5) is 0 Å². The number of fused-ring (bicyclic) bond motifs is 2. The molecule has 3 fully saturated rings. The topological polar surface area (TPSA) is 343 Å².